The van der Waals surface area contributed by atoms with Crippen molar-refractivity contribution in [2.75, 3.05) is 13.6 Å². The molecule has 0 aromatic rings. The lowest BCUT2D eigenvalue weighted by molar-refractivity contribution is -0.138. The molecule has 0 saturated carbocycles. The number of hydrogen-bond donors (Lipinski definition) is 1. The molecule has 13 heavy (non-hydrogen) atoms. The summed E-state index contributed by atoms with van der Waals surface area (Å²) in [5, 5.41) is 11.3. The van der Waals surface area contributed by atoms with Gasteiger partial charge in [-0.3, -0.25) is 14.5 Å². The van der Waals surface area contributed by atoms with Crippen LogP contribution in [-0.2, 0) is 9.59 Å². The van der Waals surface area contributed by atoms with E-state index >= 15 is 0 Å². The molecule has 0 aliphatic carbocycles. The standard InChI is InChI=1S/C8H11N3O2/c1-10-6(4-9)5-11-7(12)2-3-8(11)13/h6,10H,2-3,5H2,1H3. The smallest absolute Gasteiger partial charge is 0.229 e. The first-order valence-electron chi connectivity index (χ1n) is 4.09. The summed E-state index contributed by atoms with van der Waals surface area (Å²) in [6, 6.07) is 1.50. The highest BCUT2D eigenvalue weighted by Gasteiger charge is 2.30. The highest BCUT2D eigenvalue weighted by atomic mass is 16.2. The van der Waals surface area contributed by atoms with Crippen molar-refractivity contribution in [2.24, 2.45) is 0 Å². The number of likely N-dealkylation sites (tertiary alicyclic amines) is 1. The van der Waals surface area contributed by atoms with E-state index in [1.54, 1.807) is 7.05 Å². The molecule has 0 spiro atoms. The highest BCUT2D eigenvalue weighted by molar-refractivity contribution is 6.01. The van der Waals surface area contributed by atoms with Gasteiger partial charge < -0.3 is 5.32 Å². The minimum Gasteiger partial charge on any atom is -0.304 e. The first-order chi connectivity index (χ1) is 6.19. The number of hydrogen-bond acceptors (Lipinski definition) is 4. The lowest BCUT2D eigenvalue weighted by Crippen LogP contribution is -2.41. The highest BCUT2D eigenvalue weighted by Crippen LogP contribution is 2.11. The van der Waals surface area contributed by atoms with Crippen molar-refractivity contribution in [3.8, 4) is 6.07 Å². The molecule has 2 amide bonds. The number of amides is 2. The number of carbonyl (C=O) groups excluding carboxylic acids is 2. The zero-order valence-corrected chi connectivity index (χ0v) is 7.41. The summed E-state index contributed by atoms with van der Waals surface area (Å²) in [7, 11) is 1.62. The molecule has 0 aromatic heterocycles. The molecule has 1 unspecified atom stereocenters. The molecule has 1 rings (SSSR count). The average molecular weight is 181 g/mol. The molecule has 1 aliphatic rings. The number of nitrogens with zero attached hydrogens (tertiary/aromatic N) is 2. The summed E-state index contributed by atoms with van der Waals surface area (Å²) in [6.07, 6.45) is 0.557. The van der Waals surface area contributed by atoms with E-state index in [4.69, 9.17) is 5.26 Å². The predicted octanol–water partition coefficient (Wildman–Crippen LogP) is -0.753. The molecule has 0 aromatic carbocycles. The number of carbonyl (C=O) groups is 2. The second kappa shape index (κ2) is 4.01. The molecule has 1 aliphatic heterocycles. The topological polar surface area (TPSA) is 73.2 Å². The molecule has 70 valence electrons. The van der Waals surface area contributed by atoms with Crippen LogP contribution in [0.15, 0.2) is 0 Å². The third-order valence-corrected chi connectivity index (χ3v) is 2.02. The average Bonchev–Trinajstić information content (AvgIpc) is 2.44. The molecule has 1 N–H and O–H groups in total. The molecule has 1 heterocycles. The summed E-state index contributed by atoms with van der Waals surface area (Å²) in [6.45, 7) is 0.157. The van der Waals surface area contributed by atoms with Gasteiger partial charge in [-0.1, -0.05) is 0 Å². The second-order valence-electron chi connectivity index (χ2n) is 2.87. The number of nitrogens with one attached hydrogen (secondary N) is 1. The van der Waals surface area contributed by atoms with Crippen LogP contribution in [-0.4, -0.2) is 36.3 Å². The third kappa shape index (κ3) is 2.04. The molecule has 5 nitrogen and oxygen atoms in total. The Bertz CT molecular complexity index is 253. The van der Waals surface area contributed by atoms with Crippen LogP contribution in [0.2, 0.25) is 0 Å². The third-order valence-electron chi connectivity index (χ3n) is 2.02. The maximum atomic E-state index is 11.1. The summed E-state index contributed by atoms with van der Waals surface area (Å²) >= 11 is 0. The van der Waals surface area contributed by atoms with E-state index in [1.807, 2.05) is 6.07 Å². The largest absolute Gasteiger partial charge is 0.304 e. The van der Waals surface area contributed by atoms with Crippen LogP contribution in [0.1, 0.15) is 12.8 Å². The van der Waals surface area contributed by atoms with Gasteiger partial charge in [0, 0.05) is 12.8 Å². The van der Waals surface area contributed by atoms with Crippen LogP contribution in [0.4, 0.5) is 0 Å². The number of rotatable bonds is 3. The van der Waals surface area contributed by atoms with Crippen LogP contribution in [0.3, 0.4) is 0 Å². The molecular formula is C8H11N3O2. The van der Waals surface area contributed by atoms with Crippen LogP contribution in [0.5, 0.6) is 0 Å². The fourth-order valence-corrected chi connectivity index (χ4v) is 1.21. The fourth-order valence-electron chi connectivity index (χ4n) is 1.21. The van der Waals surface area contributed by atoms with Gasteiger partial charge >= 0.3 is 0 Å². The molecule has 0 bridgehead atoms. The minimum absolute atomic E-state index is 0.157. The maximum Gasteiger partial charge on any atom is 0.229 e. The molecule has 1 atom stereocenters. The van der Waals surface area contributed by atoms with E-state index in [1.165, 1.54) is 0 Å². The van der Waals surface area contributed by atoms with Gasteiger partial charge in [-0.15, -0.1) is 0 Å². The molecule has 1 fully saturated rings. The SMILES string of the molecule is CNC(C#N)CN1C(=O)CCC1=O. The Morgan fingerprint density at radius 2 is 2.08 bits per heavy atom. The van der Waals surface area contributed by atoms with Crippen molar-refractivity contribution in [3.05, 3.63) is 0 Å². The number of nitriles is 1. The minimum atomic E-state index is -0.467. The Labute approximate surface area is 76.3 Å². The van der Waals surface area contributed by atoms with Gasteiger partial charge in [0.2, 0.25) is 11.8 Å². The van der Waals surface area contributed by atoms with Crippen molar-refractivity contribution in [1.29, 1.82) is 5.26 Å². The van der Waals surface area contributed by atoms with Crippen molar-refractivity contribution >= 4 is 11.8 Å². The summed E-state index contributed by atoms with van der Waals surface area (Å²) in [5.74, 6) is -0.360. The van der Waals surface area contributed by atoms with Gasteiger partial charge in [0.05, 0.1) is 12.6 Å². The van der Waals surface area contributed by atoms with Crippen molar-refractivity contribution in [2.45, 2.75) is 18.9 Å². The van der Waals surface area contributed by atoms with Crippen LogP contribution in [0, 0.1) is 11.3 Å². The molecular weight excluding hydrogens is 170 g/mol. The molecule has 1 saturated heterocycles. The Hall–Kier alpha value is -1.41. The van der Waals surface area contributed by atoms with Gasteiger partial charge in [-0.2, -0.15) is 5.26 Å². The van der Waals surface area contributed by atoms with E-state index in [-0.39, 0.29) is 31.2 Å². The van der Waals surface area contributed by atoms with Gasteiger partial charge in [-0.05, 0) is 7.05 Å². The van der Waals surface area contributed by atoms with E-state index in [2.05, 4.69) is 5.32 Å². The first kappa shape index (κ1) is 9.68. The Kier molecular flexibility index (Phi) is 2.98. The second-order valence-corrected chi connectivity index (χ2v) is 2.87. The zero-order chi connectivity index (χ0) is 9.84. The zero-order valence-electron chi connectivity index (χ0n) is 7.41. The number of likely N-dealkylation sites (N-methyl/N-ethyl adjacent to an activating group) is 1. The fraction of sp³-hybridized carbons (Fsp3) is 0.625. The van der Waals surface area contributed by atoms with Gasteiger partial charge in [-0.25, -0.2) is 0 Å². The van der Waals surface area contributed by atoms with Gasteiger partial charge in [0.15, 0.2) is 0 Å². The predicted molar refractivity (Wildman–Crippen MR) is 44.4 cm³/mol. The van der Waals surface area contributed by atoms with Crippen molar-refractivity contribution in [3.63, 3.8) is 0 Å². The Morgan fingerprint density at radius 3 is 2.46 bits per heavy atom. The van der Waals surface area contributed by atoms with E-state index in [9.17, 15) is 9.59 Å². The van der Waals surface area contributed by atoms with Gasteiger partial charge in [0.1, 0.15) is 6.04 Å². The molecule has 5 heteroatoms. The quantitative estimate of drug-likeness (QED) is 0.581. The van der Waals surface area contributed by atoms with E-state index < -0.39 is 6.04 Å². The van der Waals surface area contributed by atoms with Crippen LogP contribution in [0.25, 0.3) is 0 Å². The summed E-state index contributed by atoms with van der Waals surface area (Å²) < 4.78 is 0. The summed E-state index contributed by atoms with van der Waals surface area (Å²) in [4.78, 5) is 23.4. The van der Waals surface area contributed by atoms with Gasteiger partial charge in [0.25, 0.3) is 0 Å². The lowest BCUT2D eigenvalue weighted by atomic mass is 10.3. The monoisotopic (exact) mass is 181 g/mol. The van der Waals surface area contributed by atoms with E-state index in [0.717, 1.165) is 4.90 Å². The maximum absolute atomic E-state index is 11.1. The Morgan fingerprint density at radius 1 is 1.54 bits per heavy atom. The lowest BCUT2D eigenvalue weighted by Gasteiger charge is -2.16. The van der Waals surface area contributed by atoms with Crippen molar-refractivity contribution in [1.82, 2.24) is 10.2 Å². The van der Waals surface area contributed by atoms with Crippen LogP contribution >= 0.6 is 0 Å². The van der Waals surface area contributed by atoms with Crippen LogP contribution < -0.4 is 5.32 Å². The number of imide groups is 1. The molecule has 0 radical (unpaired) electrons. The normalized spacial score (nSPS) is 18.9. The van der Waals surface area contributed by atoms with E-state index in [0.29, 0.717) is 0 Å². The Balaban J connectivity index is 2.57. The summed E-state index contributed by atoms with van der Waals surface area (Å²) in [5.41, 5.74) is 0. The first-order valence-corrected chi connectivity index (χ1v) is 4.09. The van der Waals surface area contributed by atoms with Crippen molar-refractivity contribution < 1.29 is 9.59 Å².